The highest BCUT2D eigenvalue weighted by Crippen LogP contribution is 2.28. The van der Waals surface area contributed by atoms with Crippen LogP contribution in [0.2, 0.25) is 0 Å². The molecule has 1 heterocycles. The van der Waals surface area contributed by atoms with E-state index in [0.717, 1.165) is 38.5 Å². The lowest BCUT2D eigenvalue weighted by molar-refractivity contribution is 0.246. The van der Waals surface area contributed by atoms with Gasteiger partial charge in [-0.15, -0.1) is 0 Å². The second-order valence-corrected chi connectivity index (χ2v) is 4.95. The van der Waals surface area contributed by atoms with Crippen LogP contribution in [-0.2, 0) is 20.0 Å². The van der Waals surface area contributed by atoms with Crippen molar-refractivity contribution in [3.63, 3.8) is 0 Å². The second-order valence-electron chi connectivity index (χ2n) is 4.95. The van der Waals surface area contributed by atoms with Gasteiger partial charge in [0.25, 0.3) is 0 Å². The van der Waals surface area contributed by atoms with Crippen LogP contribution in [0.1, 0.15) is 37.6 Å². The molecule has 4 heteroatoms. The average molecular weight is 236 g/mol. The van der Waals surface area contributed by atoms with Gasteiger partial charge in [0.2, 0.25) is 0 Å². The summed E-state index contributed by atoms with van der Waals surface area (Å²) in [5.74, 6) is 0. The van der Waals surface area contributed by atoms with Crippen molar-refractivity contribution in [2.24, 2.45) is 12.8 Å². The van der Waals surface area contributed by atoms with E-state index in [1.807, 2.05) is 11.7 Å². The molecule has 4 nitrogen and oxygen atoms in total. The zero-order chi connectivity index (χ0) is 12.3. The fourth-order valence-corrected chi connectivity index (χ4v) is 2.23. The highest BCUT2D eigenvalue weighted by molar-refractivity contribution is 5.10. The average Bonchev–Trinajstić information content (AvgIpc) is 3.10. The maximum absolute atomic E-state index is 5.60. The van der Waals surface area contributed by atoms with Crippen LogP contribution in [0, 0.1) is 0 Å². The maximum Gasteiger partial charge on any atom is 0.0625 e. The zero-order valence-electron chi connectivity index (χ0n) is 11.0. The molecule has 1 saturated carbocycles. The Labute approximate surface area is 104 Å². The predicted octanol–water partition coefficient (Wildman–Crippen LogP) is 1.30. The van der Waals surface area contributed by atoms with E-state index in [4.69, 9.17) is 5.73 Å². The van der Waals surface area contributed by atoms with E-state index in [1.165, 1.54) is 24.2 Å². The molecule has 0 spiro atoms. The summed E-state index contributed by atoms with van der Waals surface area (Å²) in [4.78, 5) is 2.56. The van der Waals surface area contributed by atoms with Gasteiger partial charge in [0.05, 0.1) is 11.4 Å². The van der Waals surface area contributed by atoms with Gasteiger partial charge in [-0.05, 0) is 38.3 Å². The fraction of sp³-hybridized carbons (Fsp3) is 0.769. The van der Waals surface area contributed by atoms with Gasteiger partial charge in [-0.2, -0.15) is 5.10 Å². The van der Waals surface area contributed by atoms with E-state index in [0.29, 0.717) is 0 Å². The van der Waals surface area contributed by atoms with Gasteiger partial charge in [-0.1, -0.05) is 6.92 Å². The standard InChI is InChI=1S/C13H24N4/c1-3-11-9-13(16(2)15-11)10-17(8-4-7-14)12-5-6-12/h9,12H,3-8,10,14H2,1-2H3. The molecule has 2 rings (SSSR count). The molecule has 0 bridgehead atoms. The van der Waals surface area contributed by atoms with Crippen LogP contribution in [0.3, 0.4) is 0 Å². The van der Waals surface area contributed by atoms with Crippen LogP contribution in [0.25, 0.3) is 0 Å². The van der Waals surface area contributed by atoms with E-state index >= 15 is 0 Å². The summed E-state index contributed by atoms with van der Waals surface area (Å²) in [7, 11) is 2.04. The van der Waals surface area contributed by atoms with Crippen molar-refractivity contribution < 1.29 is 0 Å². The molecule has 1 aromatic heterocycles. The summed E-state index contributed by atoms with van der Waals surface area (Å²) in [6.07, 6.45) is 4.81. The molecule has 0 unspecified atom stereocenters. The Bertz CT molecular complexity index is 354. The number of hydrogen-bond acceptors (Lipinski definition) is 3. The van der Waals surface area contributed by atoms with E-state index in [-0.39, 0.29) is 0 Å². The summed E-state index contributed by atoms with van der Waals surface area (Å²) in [6, 6.07) is 3.03. The van der Waals surface area contributed by atoms with Crippen LogP contribution < -0.4 is 5.73 Å². The summed E-state index contributed by atoms with van der Waals surface area (Å²) in [5.41, 5.74) is 8.12. The predicted molar refractivity (Wildman–Crippen MR) is 69.7 cm³/mol. The van der Waals surface area contributed by atoms with Crippen LogP contribution in [-0.4, -0.2) is 33.8 Å². The molecular formula is C13H24N4. The van der Waals surface area contributed by atoms with Crippen molar-refractivity contribution in [3.05, 3.63) is 17.5 Å². The number of aryl methyl sites for hydroxylation is 2. The number of rotatable bonds is 7. The molecule has 0 saturated heterocycles. The lowest BCUT2D eigenvalue weighted by Crippen LogP contribution is -2.29. The molecular weight excluding hydrogens is 212 g/mol. The minimum Gasteiger partial charge on any atom is -0.330 e. The molecule has 0 aromatic carbocycles. The Morgan fingerprint density at radius 2 is 2.29 bits per heavy atom. The van der Waals surface area contributed by atoms with Gasteiger partial charge < -0.3 is 5.73 Å². The maximum atomic E-state index is 5.60. The van der Waals surface area contributed by atoms with E-state index in [9.17, 15) is 0 Å². The molecule has 1 aliphatic carbocycles. The van der Waals surface area contributed by atoms with Crippen LogP contribution >= 0.6 is 0 Å². The molecule has 1 fully saturated rings. The van der Waals surface area contributed by atoms with Crippen LogP contribution in [0.5, 0.6) is 0 Å². The highest BCUT2D eigenvalue weighted by atomic mass is 15.3. The second kappa shape index (κ2) is 5.65. The molecule has 1 aliphatic rings. The lowest BCUT2D eigenvalue weighted by Gasteiger charge is -2.21. The van der Waals surface area contributed by atoms with Crippen molar-refractivity contribution >= 4 is 0 Å². The molecule has 2 N–H and O–H groups in total. The summed E-state index contributed by atoms with van der Waals surface area (Å²) >= 11 is 0. The SMILES string of the molecule is CCc1cc(CN(CCCN)C2CC2)n(C)n1. The van der Waals surface area contributed by atoms with Gasteiger partial charge in [-0.3, -0.25) is 9.58 Å². The molecule has 17 heavy (non-hydrogen) atoms. The van der Waals surface area contributed by atoms with Crippen molar-refractivity contribution in [2.45, 2.75) is 45.2 Å². The smallest absolute Gasteiger partial charge is 0.0625 e. The third-order valence-electron chi connectivity index (χ3n) is 3.47. The Morgan fingerprint density at radius 1 is 1.53 bits per heavy atom. The minimum atomic E-state index is 0.787. The molecule has 1 aromatic rings. The number of nitrogens with two attached hydrogens (primary N) is 1. The third kappa shape index (κ3) is 3.30. The zero-order valence-corrected chi connectivity index (χ0v) is 11.0. The third-order valence-corrected chi connectivity index (χ3v) is 3.47. The molecule has 0 aliphatic heterocycles. The Hall–Kier alpha value is -0.870. The van der Waals surface area contributed by atoms with E-state index < -0.39 is 0 Å². The quantitative estimate of drug-likeness (QED) is 0.776. The Kier molecular flexibility index (Phi) is 4.18. The highest BCUT2D eigenvalue weighted by Gasteiger charge is 2.28. The van der Waals surface area contributed by atoms with Gasteiger partial charge in [-0.25, -0.2) is 0 Å². The van der Waals surface area contributed by atoms with Crippen molar-refractivity contribution in [1.29, 1.82) is 0 Å². The first kappa shape index (κ1) is 12.6. The van der Waals surface area contributed by atoms with E-state index in [2.05, 4.69) is 23.0 Å². The van der Waals surface area contributed by atoms with Crippen molar-refractivity contribution in [2.75, 3.05) is 13.1 Å². The first-order valence-corrected chi connectivity index (χ1v) is 6.70. The van der Waals surface area contributed by atoms with E-state index in [1.54, 1.807) is 0 Å². The number of hydrogen-bond donors (Lipinski definition) is 1. The van der Waals surface area contributed by atoms with Crippen molar-refractivity contribution in [1.82, 2.24) is 14.7 Å². The van der Waals surface area contributed by atoms with Gasteiger partial charge in [0, 0.05) is 26.2 Å². The lowest BCUT2D eigenvalue weighted by atomic mass is 10.2. The van der Waals surface area contributed by atoms with Gasteiger partial charge in [0.15, 0.2) is 0 Å². The number of nitrogens with zero attached hydrogens (tertiary/aromatic N) is 3. The fourth-order valence-electron chi connectivity index (χ4n) is 2.23. The summed E-state index contributed by atoms with van der Waals surface area (Å²) < 4.78 is 2.02. The Morgan fingerprint density at radius 3 is 2.82 bits per heavy atom. The monoisotopic (exact) mass is 236 g/mol. The Balaban J connectivity index is 1.98. The topological polar surface area (TPSA) is 47.1 Å². The largest absolute Gasteiger partial charge is 0.330 e. The first-order valence-electron chi connectivity index (χ1n) is 6.70. The van der Waals surface area contributed by atoms with Crippen molar-refractivity contribution in [3.8, 4) is 0 Å². The summed E-state index contributed by atoms with van der Waals surface area (Å²) in [5, 5.41) is 4.51. The normalized spacial score (nSPS) is 15.8. The molecule has 0 atom stereocenters. The summed E-state index contributed by atoms with van der Waals surface area (Å²) in [6.45, 7) is 5.08. The molecule has 0 radical (unpaired) electrons. The molecule has 0 amide bonds. The van der Waals surface area contributed by atoms with Crippen LogP contribution in [0.15, 0.2) is 6.07 Å². The first-order chi connectivity index (χ1) is 8.24. The minimum absolute atomic E-state index is 0.787. The van der Waals surface area contributed by atoms with Crippen LogP contribution in [0.4, 0.5) is 0 Å². The molecule has 96 valence electrons. The number of aromatic nitrogens is 2. The van der Waals surface area contributed by atoms with Gasteiger partial charge in [0.1, 0.15) is 0 Å². The van der Waals surface area contributed by atoms with Gasteiger partial charge >= 0.3 is 0 Å².